The van der Waals surface area contributed by atoms with E-state index in [0.29, 0.717) is 12.5 Å². The van der Waals surface area contributed by atoms with Gasteiger partial charge < -0.3 is 10.1 Å². The van der Waals surface area contributed by atoms with Crippen LogP contribution in [0.4, 0.5) is 0 Å². The Morgan fingerprint density at radius 1 is 1.58 bits per heavy atom. The lowest BCUT2D eigenvalue weighted by Crippen LogP contribution is -2.16. The van der Waals surface area contributed by atoms with Crippen molar-refractivity contribution in [2.75, 3.05) is 13.2 Å². The predicted molar refractivity (Wildman–Crippen MR) is 46.4 cm³/mol. The molecular formula is C8H9ClN2O. The van der Waals surface area contributed by atoms with Gasteiger partial charge in [-0.2, -0.15) is 0 Å². The minimum Gasteiger partial charge on any atom is -0.476 e. The molecule has 1 N–H and O–H groups in total. The number of nitrogens with one attached hydrogen (secondary N) is 1. The number of fused-ring (bicyclic) bond motifs is 1. The van der Waals surface area contributed by atoms with Gasteiger partial charge in [0.15, 0.2) is 0 Å². The molecule has 1 aliphatic rings. The van der Waals surface area contributed by atoms with Gasteiger partial charge in [-0.1, -0.05) is 11.6 Å². The molecular weight excluding hydrogens is 176 g/mol. The van der Waals surface area contributed by atoms with Crippen LogP contribution in [0.5, 0.6) is 5.88 Å². The van der Waals surface area contributed by atoms with Crippen LogP contribution in [-0.4, -0.2) is 18.1 Å². The maximum absolute atomic E-state index is 5.95. The van der Waals surface area contributed by atoms with E-state index in [2.05, 4.69) is 10.3 Å². The molecule has 12 heavy (non-hydrogen) atoms. The van der Waals surface area contributed by atoms with Crippen LogP contribution < -0.4 is 10.1 Å². The fraction of sp³-hybridized carbons (Fsp3) is 0.375. The number of hydrogen-bond donors (Lipinski definition) is 1. The van der Waals surface area contributed by atoms with Gasteiger partial charge >= 0.3 is 0 Å². The number of ether oxygens (including phenoxy) is 1. The molecule has 0 aromatic carbocycles. The minimum atomic E-state index is 0.653. The first-order chi connectivity index (χ1) is 5.88. The van der Waals surface area contributed by atoms with Crippen molar-refractivity contribution in [2.45, 2.75) is 6.54 Å². The first-order valence-corrected chi connectivity index (χ1v) is 4.22. The molecule has 0 amide bonds. The highest BCUT2D eigenvalue weighted by atomic mass is 35.5. The zero-order valence-corrected chi connectivity index (χ0v) is 7.27. The Balaban J connectivity index is 2.42. The molecule has 2 heterocycles. The Kier molecular flexibility index (Phi) is 2.15. The van der Waals surface area contributed by atoms with Crippen molar-refractivity contribution >= 4 is 11.6 Å². The monoisotopic (exact) mass is 184 g/mol. The number of pyridine rings is 1. The van der Waals surface area contributed by atoms with Crippen molar-refractivity contribution in [1.29, 1.82) is 0 Å². The molecule has 0 unspecified atom stereocenters. The van der Waals surface area contributed by atoms with Crippen LogP contribution in [0.25, 0.3) is 0 Å². The van der Waals surface area contributed by atoms with E-state index in [9.17, 15) is 0 Å². The van der Waals surface area contributed by atoms with E-state index in [1.807, 2.05) is 0 Å². The normalized spacial score (nSPS) is 16.1. The summed E-state index contributed by atoms with van der Waals surface area (Å²) >= 11 is 5.95. The van der Waals surface area contributed by atoms with Gasteiger partial charge in [-0.15, -0.1) is 0 Å². The van der Waals surface area contributed by atoms with Crippen LogP contribution in [0.2, 0.25) is 5.02 Å². The van der Waals surface area contributed by atoms with Crippen molar-refractivity contribution in [3.8, 4) is 5.88 Å². The lowest BCUT2D eigenvalue weighted by molar-refractivity contribution is 0.314. The van der Waals surface area contributed by atoms with Crippen LogP contribution in [-0.2, 0) is 6.54 Å². The molecule has 0 fully saturated rings. The third-order valence-corrected chi connectivity index (χ3v) is 2.13. The largest absolute Gasteiger partial charge is 0.476 e. The Hall–Kier alpha value is -0.800. The Morgan fingerprint density at radius 3 is 3.42 bits per heavy atom. The van der Waals surface area contributed by atoms with Crippen LogP contribution in [0.3, 0.4) is 0 Å². The van der Waals surface area contributed by atoms with Gasteiger partial charge in [0, 0.05) is 24.8 Å². The minimum absolute atomic E-state index is 0.653. The van der Waals surface area contributed by atoms with Crippen LogP contribution >= 0.6 is 11.6 Å². The number of halogens is 1. The molecule has 4 heteroatoms. The lowest BCUT2D eigenvalue weighted by atomic mass is 10.3. The van der Waals surface area contributed by atoms with Crippen molar-refractivity contribution in [3.05, 3.63) is 22.8 Å². The van der Waals surface area contributed by atoms with E-state index in [-0.39, 0.29) is 0 Å². The van der Waals surface area contributed by atoms with Gasteiger partial charge in [0.25, 0.3) is 0 Å². The highest BCUT2D eigenvalue weighted by molar-refractivity contribution is 6.31. The van der Waals surface area contributed by atoms with Gasteiger partial charge in [-0.05, 0) is 6.07 Å². The van der Waals surface area contributed by atoms with Crippen LogP contribution in [0.1, 0.15) is 5.56 Å². The molecule has 2 rings (SSSR count). The lowest BCUT2D eigenvalue weighted by Gasteiger charge is -2.05. The Labute approximate surface area is 75.7 Å². The van der Waals surface area contributed by atoms with Gasteiger partial charge in [-0.3, -0.25) is 0 Å². The molecule has 1 aromatic heterocycles. The highest BCUT2D eigenvalue weighted by Crippen LogP contribution is 2.24. The molecule has 64 valence electrons. The van der Waals surface area contributed by atoms with Crippen LogP contribution in [0, 0.1) is 0 Å². The van der Waals surface area contributed by atoms with Crippen molar-refractivity contribution in [1.82, 2.24) is 10.3 Å². The molecule has 1 aliphatic heterocycles. The van der Waals surface area contributed by atoms with E-state index < -0.39 is 0 Å². The van der Waals surface area contributed by atoms with Gasteiger partial charge in [0.1, 0.15) is 6.61 Å². The number of rotatable bonds is 0. The van der Waals surface area contributed by atoms with Gasteiger partial charge in [0.05, 0.1) is 5.02 Å². The molecule has 0 bridgehead atoms. The summed E-state index contributed by atoms with van der Waals surface area (Å²) in [6.45, 7) is 2.23. The summed E-state index contributed by atoms with van der Waals surface area (Å²) in [6, 6.07) is 1.77. The van der Waals surface area contributed by atoms with E-state index >= 15 is 0 Å². The summed E-state index contributed by atoms with van der Waals surface area (Å²) in [5, 5.41) is 3.91. The van der Waals surface area contributed by atoms with Crippen molar-refractivity contribution in [3.63, 3.8) is 0 Å². The summed E-state index contributed by atoms with van der Waals surface area (Å²) in [6.07, 6.45) is 1.66. The fourth-order valence-corrected chi connectivity index (χ4v) is 1.37. The smallest absolute Gasteiger partial charge is 0.219 e. The van der Waals surface area contributed by atoms with E-state index in [0.717, 1.165) is 23.7 Å². The van der Waals surface area contributed by atoms with E-state index in [1.165, 1.54) is 0 Å². The Morgan fingerprint density at radius 2 is 2.50 bits per heavy atom. The zero-order valence-electron chi connectivity index (χ0n) is 6.51. The second-order valence-corrected chi connectivity index (χ2v) is 3.01. The topological polar surface area (TPSA) is 34.2 Å². The number of nitrogens with zero attached hydrogens (tertiary/aromatic N) is 1. The van der Waals surface area contributed by atoms with Gasteiger partial charge in [-0.25, -0.2) is 4.98 Å². The third kappa shape index (κ3) is 1.38. The quantitative estimate of drug-likeness (QED) is 0.659. The summed E-state index contributed by atoms with van der Waals surface area (Å²) in [4.78, 5) is 4.09. The summed E-state index contributed by atoms with van der Waals surface area (Å²) in [7, 11) is 0. The highest BCUT2D eigenvalue weighted by Gasteiger charge is 2.11. The first-order valence-electron chi connectivity index (χ1n) is 3.85. The summed E-state index contributed by atoms with van der Waals surface area (Å²) in [5.74, 6) is 0.660. The molecule has 0 atom stereocenters. The second-order valence-electron chi connectivity index (χ2n) is 2.60. The summed E-state index contributed by atoms with van der Waals surface area (Å²) < 4.78 is 5.37. The second kappa shape index (κ2) is 3.29. The standard InChI is InChI=1S/C8H9ClN2O/c9-7-1-2-11-8-6(7)5-10-3-4-12-8/h1-2,10H,3-5H2. The van der Waals surface area contributed by atoms with E-state index in [1.54, 1.807) is 12.3 Å². The number of hydrogen-bond acceptors (Lipinski definition) is 3. The molecule has 3 nitrogen and oxygen atoms in total. The van der Waals surface area contributed by atoms with E-state index in [4.69, 9.17) is 16.3 Å². The third-order valence-electron chi connectivity index (χ3n) is 1.78. The Bertz CT molecular complexity index is 290. The average Bonchev–Trinajstić information content (AvgIpc) is 2.30. The maximum Gasteiger partial charge on any atom is 0.219 e. The zero-order chi connectivity index (χ0) is 8.39. The van der Waals surface area contributed by atoms with Crippen LogP contribution in [0.15, 0.2) is 12.3 Å². The van der Waals surface area contributed by atoms with Crippen molar-refractivity contribution < 1.29 is 4.74 Å². The molecule has 0 saturated heterocycles. The van der Waals surface area contributed by atoms with Gasteiger partial charge in [0.2, 0.25) is 5.88 Å². The molecule has 0 spiro atoms. The summed E-state index contributed by atoms with van der Waals surface area (Å²) in [5.41, 5.74) is 0.955. The maximum atomic E-state index is 5.95. The first kappa shape index (κ1) is 7.83. The molecule has 0 radical (unpaired) electrons. The molecule has 1 aromatic rings. The SMILES string of the molecule is Clc1ccnc2c1CNCCO2. The average molecular weight is 185 g/mol. The molecule has 0 aliphatic carbocycles. The van der Waals surface area contributed by atoms with Crippen molar-refractivity contribution in [2.24, 2.45) is 0 Å². The number of aromatic nitrogens is 1. The molecule has 0 saturated carbocycles. The predicted octanol–water partition coefficient (Wildman–Crippen LogP) is 1.22. The fourth-order valence-electron chi connectivity index (χ4n) is 1.17.